The molecule has 0 unspecified atom stereocenters. The van der Waals surface area contributed by atoms with Crippen molar-refractivity contribution >= 4 is 16.8 Å². The minimum atomic E-state index is -0.544. The van der Waals surface area contributed by atoms with Crippen LogP contribution in [0.5, 0.6) is 5.75 Å². The standard InChI is InChI=1S/C20H23N3O3/c1-20(2,21)17-12-23(11-13-4-7-15(26-3)8-5-13)18-10-14(19(24)22-25)6-9-16(17)18/h4-10,12,25H,11,21H2,1-3H3,(H,22,24). The number of nitrogens with zero attached hydrogens (tertiary/aromatic N) is 1. The predicted molar refractivity (Wildman–Crippen MR) is 101 cm³/mol. The van der Waals surface area contributed by atoms with Crippen molar-refractivity contribution in [3.8, 4) is 5.75 Å². The van der Waals surface area contributed by atoms with Crippen LogP contribution in [0.15, 0.2) is 48.7 Å². The molecule has 6 heteroatoms. The molecule has 0 radical (unpaired) electrons. The number of methoxy groups -OCH3 is 1. The molecule has 0 spiro atoms. The summed E-state index contributed by atoms with van der Waals surface area (Å²) in [5.74, 6) is 0.259. The molecule has 0 saturated carbocycles. The molecule has 0 aliphatic carbocycles. The highest BCUT2D eigenvalue weighted by atomic mass is 16.5. The number of carbonyl (C=O) groups excluding carboxylic acids is 1. The fourth-order valence-electron chi connectivity index (χ4n) is 3.07. The normalized spacial score (nSPS) is 11.6. The van der Waals surface area contributed by atoms with Crippen molar-refractivity contribution in [3.63, 3.8) is 0 Å². The number of hydrogen-bond acceptors (Lipinski definition) is 4. The SMILES string of the molecule is COc1ccc(Cn2cc(C(C)(C)N)c3ccc(C(=O)NO)cc32)cc1. The van der Waals surface area contributed by atoms with Crippen LogP contribution in [0, 0.1) is 0 Å². The zero-order valence-electron chi connectivity index (χ0n) is 15.1. The van der Waals surface area contributed by atoms with Gasteiger partial charge in [-0.15, -0.1) is 0 Å². The molecule has 0 aliphatic heterocycles. The smallest absolute Gasteiger partial charge is 0.274 e. The molecule has 0 bridgehead atoms. The maximum absolute atomic E-state index is 11.8. The quantitative estimate of drug-likeness (QED) is 0.486. The van der Waals surface area contributed by atoms with E-state index < -0.39 is 11.4 Å². The van der Waals surface area contributed by atoms with Crippen molar-refractivity contribution in [2.75, 3.05) is 7.11 Å². The van der Waals surface area contributed by atoms with Crippen LogP contribution in [0.25, 0.3) is 10.9 Å². The molecule has 3 aromatic rings. The molecule has 0 aliphatic rings. The first-order valence-corrected chi connectivity index (χ1v) is 8.33. The number of hydrogen-bond donors (Lipinski definition) is 3. The van der Waals surface area contributed by atoms with Crippen molar-refractivity contribution in [2.45, 2.75) is 25.9 Å². The van der Waals surface area contributed by atoms with Gasteiger partial charge in [0.2, 0.25) is 0 Å². The van der Waals surface area contributed by atoms with Gasteiger partial charge in [-0.25, -0.2) is 5.48 Å². The van der Waals surface area contributed by atoms with E-state index in [0.717, 1.165) is 27.8 Å². The molecule has 0 fully saturated rings. The third-order valence-electron chi connectivity index (χ3n) is 4.45. The Labute approximate surface area is 152 Å². The van der Waals surface area contributed by atoms with Gasteiger partial charge in [-0.3, -0.25) is 10.0 Å². The number of nitrogens with one attached hydrogen (secondary N) is 1. The van der Waals surface area contributed by atoms with Crippen molar-refractivity contribution in [1.82, 2.24) is 10.0 Å². The minimum Gasteiger partial charge on any atom is -0.497 e. The molecule has 6 nitrogen and oxygen atoms in total. The van der Waals surface area contributed by atoms with Gasteiger partial charge < -0.3 is 15.0 Å². The third-order valence-corrected chi connectivity index (χ3v) is 4.45. The van der Waals surface area contributed by atoms with Crippen LogP contribution in [0.4, 0.5) is 0 Å². The number of carbonyl (C=O) groups is 1. The Balaban J connectivity index is 2.10. The number of amides is 1. The lowest BCUT2D eigenvalue weighted by Crippen LogP contribution is -2.28. The number of aromatic nitrogens is 1. The van der Waals surface area contributed by atoms with Gasteiger partial charge in [0.25, 0.3) is 5.91 Å². The molecular formula is C20H23N3O3. The summed E-state index contributed by atoms with van der Waals surface area (Å²) in [6.45, 7) is 4.53. The molecule has 1 heterocycles. The zero-order valence-corrected chi connectivity index (χ0v) is 15.1. The average molecular weight is 353 g/mol. The summed E-state index contributed by atoms with van der Waals surface area (Å²) >= 11 is 0. The first-order chi connectivity index (χ1) is 12.3. The van der Waals surface area contributed by atoms with Crippen LogP contribution in [-0.2, 0) is 12.1 Å². The highest BCUT2D eigenvalue weighted by molar-refractivity contribution is 5.98. The summed E-state index contributed by atoms with van der Waals surface area (Å²) in [5, 5.41) is 9.90. The Morgan fingerprint density at radius 1 is 1.23 bits per heavy atom. The molecule has 0 atom stereocenters. The van der Waals surface area contributed by atoms with Crippen LogP contribution >= 0.6 is 0 Å². The largest absolute Gasteiger partial charge is 0.497 e. The topological polar surface area (TPSA) is 89.5 Å². The van der Waals surface area contributed by atoms with Gasteiger partial charge in [0.05, 0.1) is 7.11 Å². The summed E-state index contributed by atoms with van der Waals surface area (Å²) in [5.41, 5.74) is 10.9. The summed E-state index contributed by atoms with van der Waals surface area (Å²) in [6.07, 6.45) is 2.02. The number of fused-ring (bicyclic) bond motifs is 1. The number of nitrogens with two attached hydrogens (primary N) is 1. The predicted octanol–water partition coefficient (Wildman–Crippen LogP) is 3.01. The van der Waals surface area contributed by atoms with E-state index in [1.165, 1.54) is 0 Å². The van der Waals surface area contributed by atoms with Crippen LogP contribution in [0.1, 0.15) is 35.3 Å². The molecule has 2 aromatic carbocycles. The average Bonchev–Trinajstić information content (AvgIpc) is 3.00. The maximum atomic E-state index is 11.8. The number of hydroxylamine groups is 1. The Kier molecular flexibility index (Phi) is 4.71. The van der Waals surface area contributed by atoms with E-state index in [1.807, 2.05) is 50.4 Å². The van der Waals surface area contributed by atoms with Crippen molar-refractivity contribution in [2.24, 2.45) is 5.73 Å². The van der Waals surface area contributed by atoms with E-state index in [1.54, 1.807) is 24.7 Å². The van der Waals surface area contributed by atoms with Crippen LogP contribution < -0.4 is 16.0 Å². The molecule has 26 heavy (non-hydrogen) atoms. The third kappa shape index (κ3) is 3.42. The minimum absolute atomic E-state index is 0.385. The van der Waals surface area contributed by atoms with E-state index in [-0.39, 0.29) is 0 Å². The van der Waals surface area contributed by atoms with Gasteiger partial charge in [-0.2, -0.15) is 0 Å². The van der Waals surface area contributed by atoms with Gasteiger partial charge in [0.1, 0.15) is 5.75 Å². The Hall–Kier alpha value is -2.83. The highest BCUT2D eigenvalue weighted by Crippen LogP contribution is 2.30. The first-order valence-electron chi connectivity index (χ1n) is 8.33. The second-order valence-electron chi connectivity index (χ2n) is 6.91. The van der Waals surface area contributed by atoms with Crippen molar-refractivity contribution in [1.29, 1.82) is 0 Å². The number of rotatable bonds is 5. The lowest BCUT2D eigenvalue weighted by Gasteiger charge is -2.17. The van der Waals surface area contributed by atoms with Gasteiger partial charge >= 0.3 is 0 Å². The zero-order chi connectivity index (χ0) is 18.9. The fraction of sp³-hybridized carbons (Fsp3) is 0.250. The maximum Gasteiger partial charge on any atom is 0.274 e. The van der Waals surface area contributed by atoms with Crippen molar-refractivity contribution < 1.29 is 14.7 Å². The van der Waals surface area contributed by atoms with Gasteiger partial charge in [-0.05, 0) is 49.2 Å². The lowest BCUT2D eigenvalue weighted by atomic mass is 9.95. The first kappa shape index (κ1) is 18.0. The Bertz CT molecular complexity index is 937. The summed E-state index contributed by atoms with van der Waals surface area (Å²) in [6, 6.07) is 13.2. The Morgan fingerprint density at radius 3 is 2.50 bits per heavy atom. The highest BCUT2D eigenvalue weighted by Gasteiger charge is 2.21. The van der Waals surface area contributed by atoms with E-state index in [0.29, 0.717) is 12.1 Å². The van der Waals surface area contributed by atoms with E-state index >= 15 is 0 Å². The number of benzene rings is 2. The summed E-state index contributed by atoms with van der Waals surface area (Å²) < 4.78 is 7.27. The molecule has 3 rings (SSSR count). The van der Waals surface area contributed by atoms with Gasteiger partial charge in [0.15, 0.2) is 0 Å². The van der Waals surface area contributed by atoms with Crippen molar-refractivity contribution in [3.05, 3.63) is 65.4 Å². The molecule has 4 N–H and O–H groups in total. The molecule has 1 amide bonds. The second kappa shape index (κ2) is 6.82. The Morgan fingerprint density at radius 2 is 1.92 bits per heavy atom. The number of ether oxygens (including phenoxy) is 1. The van der Waals surface area contributed by atoms with E-state index in [2.05, 4.69) is 4.57 Å². The lowest BCUT2D eigenvalue weighted by molar-refractivity contribution is 0.0706. The molecule has 0 saturated heterocycles. The molecule has 136 valence electrons. The summed E-state index contributed by atoms with van der Waals surface area (Å²) in [4.78, 5) is 11.8. The fourth-order valence-corrected chi connectivity index (χ4v) is 3.07. The van der Waals surface area contributed by atoms with Crippen LogP contribution in [0.3, 0.4) is 0 Å². The van der Waals surface area contributed by atoms with Gasteiger partial charge in [-0.1, -0.05) is 18.2 Å². The second-order valence-corrected chi connectivity index (χ2v) is 6.91. The van der Waals surface area contributed by atoms with Crippen LogP contribution in [0.2, 0.25) is 0 Å². The van der Waals surface area contributed by atoms with Gasteiger partial charge in [0, 0.05) is 34.7 Å². The monoisotopic (exact) mass is 353 g/mol. The van der Waals surface area contributed by atoms with E-state index in [9.17, 15) is 4.79 Å². The molecule has 1 aromatic heterocycles. The van der Waals surface area contributed by atoms with E-state index in [4.69, 9.17) is 15.7 Å². The summed E-state index contributed by atoms with van der Waals surface area (Å²) in [7, 11) is 1.64. The molecular weight excluding hydrogens is 330 g/mol. The van der Waals surface area contributed by atoms with Crippen LogP contribution in [-0.4, -0.2) is 22.8 Å².